The van der Waals surface area contributed by atoms with Gasteiger partial charge in [-0.1, -0.05) is 68.3 Å². The average molecular weight is 568 g/mol. The number of anilines is 1. The highest BCUT2D eigenvalue weighted by molar-refractivity contribution is 9.10. The zero-order chi connectivity index (χ0) is 22.2. The van der Waals surface area contributed by atoms with Crippen LogP contribution in [0, 0.1) is 0 Å². The molecule has 7 nitrogen and oxygen atoms in total. The van der Waals surface area contributed by atoms with Crippen molar-refractivity contribution in [2.24, 2.45) is 7.05 Å². The van der Waals surface area contributed by atoms with Gasteiger partial charge in [-0.15, -0.1) is 0 Å². The monoisotopic (exact) mass is 566 g/mol. The number of carbonyl (C=O) groups is 1. The molecular weight excluding hydrogens is 548 g/mol. The molecule has 1 aromatic heterocycles. The van der Waals surface area contributed by atoms with Crippen LogP contribution in [-0.4, -0.2) is 41.6 Å². The van der Waals surface area contributed by atoms with Gasteiger partial charge >= 0.3 is 6.03 Å². The number of fused-ring (bicyclic) bond motifs is 1. The molecule has 0 spiro atoms. The number of sulfonamides is 1. The summed E-state index contributed by atoms with van der Waals surface area (Å²) in [5, 5.41) is 4.15. The number of benzene rings is 2. The van der Waals surface area contributed by atoms with Gasteiger partial charge in [-0.3, -0.25) is 9.58 Å². The first-order chi connectivity index (χ1) is 14.8. The molecule has 0 fully saturated rings. The quantitative estimate of drug-likeness (QED) is 0.443. The van der Waals surface area contributed by atoms with Crippen molar-refractivity contribution in [2.75, 3.05) is 18.0 Å². The molecule has 4 rings (SSSR count). The molecule has 2 heterocycles. The van der Waals surface area contributed by atoms with Gasteiger partial charge in [0, 0.05) is 29.1 Å². The first-order valence-electron chi connectivity index (χ1n) is 9.63. The van der Waals surface area contributed by atoms with Crippen molar-refractivity contribution in [3.05, 3.63) is 74.8 Å². The molecule has 0 radical (unpaired) electrons. The molecular formula is C21H20Br2N4O3S. The van der Waals surface area contributed by atoms with E-state index in [0.29, 0.717) is 25.1 Å². The predicted molar refractivity (Wildman–Crippen MR) is 126 cm³/mol. The number of carbonyl (C=O) groups excluding carboxylic acids is 1. The van der Waals surface area contributed by atoms with Gasteiger partial charge < -0.3 is 0 Å². The molecule has 0 atom stereocenters. The van der Waals surface area contributed by atoms with Crippen molar-refractivity contribution in [1.82, 2.24) is 14.1 Å². The second-order valence-corrected chi connectivity index (χ2v) is 10.6. The van der Waals surface area contributed by atoms with Gasteiger partial charge in [0.15, 0.2) is 5.03 Å². The largest absolute Gasteiger partial charge is 0.338 e. The van der Waals surface area contributed by atoms with E-state index in [-0.39, 0.29) is 11.6 Å². The number of urea groups is 1. The van der Waals surface area contributed by atoms with Crippen molar-refractivity contribution in [3.63, 3.8) is 0 Å². The smallest absolute Gasteiger partial charge is 0.289 e. The third-order valence-corrected chi connectivity index (χ3v) is 8.67. The number of amides is 2. The minimum atomic E-state index is -4.01. The predicted octanol–water partition coefficient (Wildman–Crippen LogP) is 4.36. The summed E-state index contributed by atoms with van der Waals surface area (Å²) in [6, 6.07) is 14.8. The fraction of sp³-hybridized carbons (Fsp3) is 0.238. The van der Waals surface area contributed by atoms with E-state index in [9.17, 15) is 13.2 Å². The van der Waals surface area contributed by atoms with Crippen molar-refractivity contribution in [3.8, 4) is 0 Å². The van der Waals surface area contributed by atoms with Gasteiger partial charge in [0.05, 0.1) is 6.20 Å². The second kappa shape index (κ2) is 8.76. The Bertz CT molecular complexity index is 1240. The Balaban J connectivity index is 1.65. The van der Waals surface area contributed by atoms with Crippen molar-refractivity contribution >= 4 is 53.6 Å². The molecule has 31 heavy (non-hydrogen) atoms. The molecule has 0 aliphatic carbocycles. The summed E-state index contributed by atoms with van der Waals surface area (Å²) in [6.07, 6.45) is 2.41. The van der Waals surface area contributed by atoms with E-state index in [1.165, 1.54) is 15.8 Å². The molecule has 2 amide bonds. The number of hydrogen-bond acceptors (Lipinski definition) is 4. The lowest BCUT2D eigenvalue weighted by atomic mass is 10.1. The normalized spacial score (nSPS) is 15.3. The van der Waals surface area contributed by atoms with E-state index in [0.717, 1.165) is 24.4 Å². The Morgan fingerprint density at radius 3 is 2.03 bits per heavy atom. The lowest BCUT2D eigenvalue weighted by Gasteiger charge is -2.34. The van der Waals surface area contributed by atoms with Crippen LogP contribution in [0.5, 0.6) is 0 Å². The van der Waals surface area contributed by atoms with Gasteiger partial charge in [-0.2, -0.15) is 13.5 Å². The molecule has 1 aliphatic rings. The number of aryl methyl sites for hydroxylation is 1. The first-order valence-corrected chi connectivity index (χ1v) is 12.7. The number of nitrogens with zero attached hydrogens (tertiary/aromatic N) is 4. The van der Waals surface area contributed by atoms with Crippen molar-refractivity contribution < 1.29 is 13.2 Å². The lowest BCUT2D eigenvalue weighted by Crippen LogP contribution is -2.52. The number of hydrogen-bond donors (Lipinski definition) is 0. The summed E-state index contributed by atoms with van der Waals surface area (Å²) in [5.74, 6) is 0. The maximum Gasteiger partial charge on any atom is 0.338 e. The van der Waals surface area contributed by atoms with E-state index < -0.39 is 16.1 Å². The van der Waals surface area contributed by atoms with Gasteiger partial charge in [-0.25, -0.2) is 9.10 Å². The molecule has 0 bridgehead atoms. The van der Waals surface area contributed by atoms with E-state index in [1.54, 1.807) is 7.05 Å². The Morgan fingerprint density at radius 1 is 0.903 bits per heavy atom. The Labute approximate surface area is 198 Å². The molecule has 1 aliphatic heterocycles. The van der Waals surface area contributed by atoms with Crippen LogP contribution in [-0.2, 0) is 29.9 Å². The highest BCUT2D eigenvalue weighted by atomic mass is 79.9. The third kappa shape index (κ3) is 4.16. The minimum Gasteiger partial charge on any atom is -0.289 e. The molecule has 10 heteroatoms. The van der Waals surface area contributed by atoms with Crippen LogP contribution < -0.4 is 4.90 Å². The summed E-state index contributed by atoms with van der Waals surface area (Å²) >= 11 is 7.01. The van der Waals surface area contributed by atoms with E-state index in [4.69, 9.17) is 0 Å². The highest BCUT2D eigenvalue weighted by Crippen LogP contribution is 2.34. The Morgan fingerprint density at radius 2 is 1.45 bits per heavy atom. The van der Waals surface area contributed by atoms with Crippen molar-refractivity contribution in [1.29, 1.82) is 0 Å². The number of halogens is 2. The topological polar surface area (TPSA) is 75.5 Å². The Hall–Kier alpha value is -2.17. The van der Waals surface area contributed by atoms with Crippen LogP contribution >= 0.6 is 31.9 Å². The first kappa shape index (κ1) is 22.0. The third-order valence-electron chi connectivity index (χ3n) is 5.24. The van der Waals surface area contributed by atoms with Crippen LogP contribution in [0.15, 0.2) is 68.7 Å². The summed E-state index contributed by atoms with van der Waals surface area (Å²) < 4.78 is 30.6. The second-order valence-electron chi connectivity index (χ2n) is 7.15. The van der Waals surface area contributed by atoms with E-state index >= 15 is 0 Å². The molecule has 162 valence electrons. The van der Waals surface area contributed by atoms with Crippen LogP contribution in [0.1, 0.15) is 11.1 Å². The molecule has 0 N–H and O–H groups in total. The summed E-state index contributed by atoms with van der Waals surface area (Å²) in [6.45, 7) is 0.376. The summed E-state index contributed by atoms with van der Waals surface area (Å²) in [7, 11) is -2.43. The zero-order valence-corrected chi connectivity index (χ0v) is 20.7. The van der Waals surface area contributed by atoms with Crippen LogP contribution in [0.4, 0.5) is 10.5 Å². The molecule has 3 aromatic rings. The van der Waals surface area contributed by atoms with Gasteiger partial charge in [0.25, 0.3) is 10.0 Å². The zero-order valence-electron chi connectivity index (χ0n) is 16.7. The molecule has 2 aromatic carbocycles. The van der Waals surface area contributed by atoms with Gasteiger partial charge in [0.2, 0.25) is 0 Å². The van der Waals surface area contributed by atoms with E-state index in [1.807, 2.05) is 48.5 Å². The van der Waals surface area contributed by atoms with Crippen LogP contribution in [0.3, 0.4) is 0 Å². The van der Waals surface area contributed by atoms with Crippen LogP contribution in [0.2, 0.25) is 0 Å². The SMILES string of the molecule is Cn1ncc2c1S(=O)(=O)N(CCc1ccccc1Br)C(=O)N2CCc1ccccc1Br. The van der Waals surface area contributed by atoms with Gasteiger partial charge in [0.1, 0.15) is 5.69 Å². The lowest BCUT2D eigenvalue weighted by molar-refractivity contribution is 0.227. The number of rotatable bonds is 6. The maximum atomic E-state index is 13.3. The number of aromatic nitrogens is 2. The molecule has 0 unspecified atom stereocenters. The molecule has 0 saturated carbocycles. The molecule has 0 saturated heterocycles. The summed E-state index contributed by atoms with van der Waals surface area (Å²) in [5.41, 5.74) is 2.28. The fourth-order valence-electron chi connectivity index (χ4n) is 3.63. The van der Waals surface area contributed by atoms with Gasteiger partial charge in [-0.05, 0) is 36.1 Å². The van der Waals surface area contributed by atoms with Crippen molar-refractivity contribution in [2.45, 2.75) is 17.9 Å². The summed E-state index contributed by atoms with van der Waals surface area (Å²) in [4.78, 5) is 14.8. The minimum absolute atomic E-state index is 0.0337. The maximum absolute atomic E-state index is 13.3. The average Bonchev–Trinajstić information content (AvgIpc) is 3.12. The van der Waals surface area contributed by atoms with E-state index in [2.05, 4.69) is 37.0 Å². The van der Waals surface area contributed by atoms with Crippen LogP contribution in [0.25, 0.3) is 0 Å². The Kier molecular flexibility index (Phi) is 6.23. The highest BCUT2D eigenvalue weighted by Gasteiger charge is 2.43. The fourth-order valence-corrected chi connectivity index (χ4v) is 6.25. The standard InChI is InChI=1S/C21H20Br2N4O3S/c1-25-20-19(14-24-25)26(12-10-15-6-2-4-8-17(15)22)21(28)27(31(20,29)30)13-11-16-7-3-5-9-18(16)23/h2-9,14H,10-13H2,1H3.